The number of ether oxygens (including phenoxy) is 1. The number of aryl methyl sites for hydroxylation is 1. The third-order valence-corrected chi connectivity index (χ3v) is 4.06. The Bertz CT molecular complexity index is 380. The molecule has 0 aliphatic heterocycles. The van der Waals surface area contributed by atoms with E-state index in [1.807, 2.05) is 18.7 Å². The van der Waals surface area contributed by atoms with Crippen molar-refractivity contribution < 1.29 is 9.53 Å². The van der Waals surface area contributed by atoms with Gasteiger partial charge in [0.25, 0.3) is 0 Å². The number of nitrogens with one attached hydrogen (secondary N) is 1. The van der Waals surface area contributed by atoms with Crippen molar-refractivity contribution in [3.8, 4) is 0 Å². The largest absolute Gasteiger partial charge is 0.464 e. The van der Waals surface area contributed by atoms with Crippen LogP contribution in [0.4, 0.5) is 5.13 Å². The van der Waals surface area contributed by atoms with Crippen LogP contribution in [-0.4, -0.2) is 36.6 Å². The van der Waals surface area contributed by atoms with Gasteiger partial charge in [-0.2, -0.15) is 11.8 Å². The van der Waals surface area contributed by atoms with Crippen LogP contribution in [-0.2, 0) is 4.74 Å². The molecule has 4 nitrogen and oxygen atoms in total. The van der Waals surface area contributed by atoms with E-state index in [4.69, 9.17) is 0 Å². The van der Waals surface area contributed by atoms with Gasteiger partial charge in [0, 0.05) is 11.4 Å². The Morgan fingerprint density at radius 3 is 2.94 bits per heavy atom. The summed E-state index contributed by atoms with van der Waals surface area (Å²) in [5.74, 6) is 1.32. The fraction of sp³-hybridized carbons (Fsp3) is 0.636. The summed E-state index contributed by atoms with van der Waals surface area (Å²) in [5, 5.41) is 4.04. The van der Waals surface area contributed by atoms with Crippen LogP contribution in [0.5, 0.6) is 0 Å². The molecule has 96 valence electrons. The predicted molar refractivity (Wildman–Crippen MR) is 74.2 cm³/mol. The number of hydrogen-bond donors (Lipinski definition) is 1. The number of anilines is 1. The van der Waals surface area contributed by atoms with Crippen LogP contribution in [0.1, 0.15) is 22.3 Å². The number of esters is 1. The molecule has 17 heavy (non-hydrogen) atoms. The molecule has 1 aromatic rings. The molecule has 0 saturated carbocycles. The average molecular weight is 274 g/mol. The summed E-state index contributed by atoms with van der Waals surface area (Å²) < 4.78 is 4.67. The SMILES string of the molecule is COC(=O)c1nc(NCC(C)CSC)sc1C. The monoisotopic (exact) mass is 274 g/mol. The molecule has 0 amide bonds. The van der Waals surface area contributed by atoms with Gasteiger partial charge in [0.1, 0.15) is 0 Å². The quantitative estimate of drug-likeness (QED) is 0.808. The molecule has 0 spiro atoms. The van der Waals surface area contributed by atoms with Crippen LogP contribution in [0, 0.1) is 12.8 Å². The van der Waals surface area contributed by atoms with Crippen LogP contribution in [0.3, 0.4) is 0 Å². The smallest absolute Gasteiger partial charge is 0.357 e. The Balaban J connectivity index is 2.58. The third kappa shape index (κ3) is 4.20. The zero-order valence-corrected chi connectivity index (χ0v) is 12.2. The van der Waals surface area contributed by atoms with Crippen molar-refractivity contribution in [2.75, 3.05) is 31.0 Å². The zero-order valence-electron chi connectivity index (χ0n) is 10.6. The number of hydrogen-bond acceptors (Lipinski definition) is 6. The molecule has 6 heteroatoms. The van der Waals surface area contributed by atoms with E-state index in [0.717, 1.165) is 22.3 Å². The first-order valence-corrected chi connectivity index (χ1v) is 7.58. The number of carbonyl (C=O) groups is 1. The van der Waals surface area contributed by atoms with E-state index in [1.54, 1.807) is 0 Å². The van der Waals surface area contributed by atoms with Crippen molar-refractivity contribution >= 4 is 34.2 Å². The Morgan fingerprint density at radius 2 is 2.35 bits per heavy atom. The molecule has 0 aromatic carbocycles. The third-order valence-electron chi connectivity index (χ3n) is 2.23. The van der Waals surface area contributed by atoms with E-state index in [0.29, 0.717) is 11.6 Å². The molecule has 0 saturated heterocycles. The highest BCUT2D eigenvalue weighted by atomic mass is 32.2. The second-order valence-corrected chi connectivity index (χ2v) is 5.97. The zero-order chi connectivity index (χ0) is 12.8. The Labute approximate surface area is 110 Å². The first-order valence-electron chi connectivity index (χ1n) is 5.37. The summed E-state index contributed by atoms with van der Waals surface area (Å²) in [6, 6.07) is 0. The first kappa shape index (κ1) is 14.3. The molecule has 1 aromatic heterocycles. The van der Waals surface area contributed by atoms with Crippen molar-refractivity contribution in [1.82, 2.24) is 4.98 Å². The molecule has 1 rings (SSSR count). The Kier molecular flexibility index (Phi) is 5.77. The lowest BCUT2D eigenvalue weighted by atomic mass is 10.2. The highest BCUT2D eigenvalue weighted by Gasteiger charge is 2.15. The number of thioether (sulfide) groups is 1. The topological polar surface area (TPSA) is 51.2 Å². The molecule has 0 bridgehead atoms. The summed E-state index contributed by atoms with van der Waals surface area (Å²) >= 11 is 3.32. The number of thiazole rings is 1. The van der Waals surface area contributed by atoms with Crippen LogP contribution in [0.25, 0.3) is 0 Å². The minimum atomic E-state index is -0.371. The molecule has 1 heterocycles. The average Bonchev–Trinajstić information content (AvgIpc) is 2.67. The molecule has 0 radical (unpaired) electrons. The fourth-order valence-electron chi connectivity index (χ4n) is 1.36. The normalized spacial score (nSPS) is 12.2. The summed E-state index contributed by atoms with van der Waals surface area (Å²) in [6.45, 7) is 4.93. The number of nitrogens with zero attached hydrogens (tertiary/aromatic N) is 1. The highest BCUT2D eigenvalue weighted by Crippen LogP contribution is 2.22. The highest BCUT2D eigenvalue weighted by molar-refractivity contribution is 7.98. The van der Waals surface area contributed by atoms with Gasteiger partial charge in [-0.25, -0.2) is 9.78 Å². The number of aromatic nitrogens is 1. The maximum Gasteiger partial charge on any atom is 0.357 e. The summed E-state index contributed by atoms with van der Waals surface area (Å²) in [4.78, 5) is 16.5. The second kappa shape index (κ2) is 6.86. The number of carbonyl (C=O) groups excluding carboxylic acids is 1. The van der Waals surface area contributed by atoms with Crippen molar-refractivity contribution in [3.05, 3.63) is 10.6 Å². The van der Waals surface area contributed by atoms with Gasteiger partial charge in [-0.1, -0.05) is 6.92 Å². The van der Waals surface area contributed by atoms with E-state index in [1.165, 1.54) is 18.4 Å². The van der Waals surface area contributed by atoms with E-state index < -0.39 is 0 Å². The molecular weight excluding hydrogens is 256 g/mol. The van der Waals surface area contributed by atoms with Crippen LogP contribution in [0.2, 0.25) is 0 Å². The molecule has 1 N–H and O–H groups in total. The van der Waals surface area contributed by atoms with Gasteiger partial charge in [0.2, 0.25) is 0 Å². The Hall–Kier alpha value is -0.750. The van der Waals surface area contributed by atoms with E-state index in [2.05, 4.69) is 28.2 Å². The van der Waals surface area contributed by atoms with Gasteiger partial charge in [0.15, 0.2) is 10.8 Å². The molecule has 0 fully saturated rings. The summed E-state index contributed by atoms with van der Waals surface area (Å²) in [7, 11) is 1.37. The molecule has 1 atom stereocenters. The van der Waals surface area contributed by atoms with E-state index in [-0.39, 0.29) is 5.97 Å². The molecule has 0 aliphatic carbocycles. The van der Waals surface area contributed by atoms with Crippen molar-refractivity contribution in [3.63, 3.8) is 0 Å². The van der Waals surface area contributed by atoms with Gasteiger partial charge in [-0.05, 0) is 24.9 Å². The van der Waals surface area contributed by atoms with Gasteiger partial charge >= 0.3 is 5.97 Å². The number of methoxy groups -OCH3 is 1. The second-order valence-electron chi connectivity index (χ2n) is 3.86. The van der Waals surface area contributed by atoms with Gasteiger partial charge in [-0.3, -0.25) is 0 Å². The Morgan fingerprint density at radius 1 is 1.65 bits per heavy atom. The van der Waals surface area contributed by atoms with Gasteiger partial charge in [0.05, 0.1) is 7.11 Å². The van der Waals surface area contributed by atoms with Crippen LogP contribution >= 0.6 is 23.1 Å². The van der Waals surface area contributed by atoms with E-state index in [9.17, 15) is 4.79 Å². The molecule has 0 aliphatic rings. The predicted octanol–water partition coefficient (Wildman–Crippen LogP) is 2.65. The van der Waals surface area contributed by atoms with Crippen molar-refractivity contribution in [2.45, 2.75) is 13.8 Å². The minimum Gasteiger partial charge on any atom is -0.464 e. The fourth-order valence-corrected chi connectivity index (χ4v) is 2.86. The lowest BCUT2D eigenvalue weighted by Crippen LogP contribution is -2.13. The van der Waals surface area contributed by atoms with Gasteiger partial charge < -0.3 is 10.1 Å². The minimum absolute atomic E-state index is 0.371. The van der Waals surface area contributed by atoms with Crippen molar-refractivity contribution in [1.29, 1.82) is 0 Å². The maximum atomic E-state index is 11.4. The first-order chi connectivity index (χ1) is 8.08. The maximum absolute atomic E-state index is 11.4. The lowest BCUT2D eigenvalue weighted by molar-refractivity contribution is 0.0594. The molecule has 1 unspecified atom stereocenters. The number of rotatable bonds is 6. The standard InChI is InChI=1S/C11H18N2O2S2/c1-7(6-16-4)5-12-11-13-9(8(2)17-11)10(14)15-3/h7H,5-6H2,1-4H3,(H,12,13). The van der Waals surface area contributed by atoms with E-state index >= 15 is 0 Å². The van der Waals surface area contributed by atoms with Crippen LogP contribution < -0.4 is 5.32 Å². The van der Waals surface area contributed by atoms with Crippen LogP contribution in [0.15, 0.2) is 0 Å². The lowest BCUT2D eigenvalue weighted by Gasteiger charge is -2.09. The van der Waals surface area contributed by atoms with Gasteiger partial charge in [-0.15, -0.1) is 11.3 Å². The summed E-state index contributed by atoms with van der Waals surface area (Å²) in [5.41, 5.74) is 0.414. The molecular formula is C11H18N2O2S2. The summed E-state index contributed by atoms with van der Waals surface area (Å²) in [6.07, 6.45) is 2.10. The van der Waals surface area contributed by atoms with Crippen molar-refractivity contribution in [2.24, 2.45) is 5.92 Å².